The van der Waals surface area contributed by atoms with Gasteiger partial charge in [0.15, 0.2) is 0 Å². The highest BCUT2D eigenvalue weighted by Gasteiger charge is 2.17. The summed E-state index contributed by atoms with van der Waals surface area (Å²) in [7, 11) is 0. The second-order valence-electron chi connectivity index (χ2n) is 5.97. The van der Waals surface area contributed by atoms with Gasteiger partial charge < -0.3 is 21.7 Å². The SMILES string of the molecule is CCC(=O)Nc1ccc(C)c(NC(=O)CNC(=O)[C@@H](N)C(C)C)c1. The van der Waals surface area contributed by atoms with Crippen molar-refractivity contribution in [3.63, 3.8) is 0 Å². The number of anilines is 2. The number of nitrogens with two attached hydrogens (primary N) is 1. The van der Waals surface area contributed by atoms with E-state index in [0.29, 0.717) is 17.8 Å². The fraction of sp³-hybridized carbons (Fsp3) is 0.471. The molecule has 5 N–H and O–H groups in total. The normalized spacial score (nSPS) is 11.8. The molecule has 7 nitrogen and oxygen atoms in total. The number of aryl methyl sites for hydroxylation is 1. The highest BCUT2D eigenvalue weighted by Crippen LogP contribution is 2.20. The van der Waals surface area contributed by atoms with Gasteiger partial charge >= 0.3 is 0 Å². The topological polar surface area (TPSA) is 113 Å². The Kier molecular flexibility index (Phi) is 7.38. The molecule has 1 aromatic carbocycles. The van der Waals surface area contributed by atoms with E-state index < -0.39 is 6.04 Å². The van der Waals surface area contributed by atoms with E-state index in [2.05, 4.69) is 16.0 Å². The lowest BCUT2D eigenvalue weighted by Gasteiger charge is -2.15. The molecule has 132 valence electrons. The Morgan fingerprint density at radius 2 is 1.79 bits per heavy atom. The van der Waals surface area contributed by atoms with E-state index >= 15 is 0 Å². The van der Waals surface area contributed by atoms with Gasteiger partial charge in [0, 0.05) is 17.8 Å². The standard InChI is InChI=1S/C17H26N4O3/c1-5-14(22)20-12-7-6-11(4)13(8-12)21-15(23)9-19-17(24)16(18)10(2)3/h6-8,10,16H,5,9,18H2,1-4H3,(H,19,24)(H,20,22)(H,21,23)/t16-/m0/s1. The lowest BCUT2D eigenvalue weighted by atomic mass is 10.1. The van der Waals surface area contributed by atoms with Gasteiger partial charge in [-0.05, 0) is 30.5 Å². The molecule has 1 aromatic rings. The zero-order valence-corrected chi connectivity index (χ0v) is 14.6. The minimum atomic E-state index is -0.646. The second-order valence-corrected chi connectivity index (χ2v) is 5.97. The first-order chi connectivity index (χ1) is 11.2. The molecule has 0 radical (unpaired) electrons. The first-order valence-corrected chi connectivity index (χ1v) is 7.98. The number of hydrogen-bond acceptors (Lipinski definition) is 4. The zero-order valence-electron chi connectivity index (χ0n) is 14.6. The van der Waals surface area contributed by atoms with Crippen molar-refractivity contribution >= 4 is 29.1 Å². The molecule has 3 amide bonds. The number of hydrogen-bond donors (Lipinski definition) is 4. The van der Waals surface area contributed by atoms with Crippen LogP contribution in [-0.4, -0.2) is 30.3 Å². The van der Waals surface area contributed by atoms with Crippen LogP contribution in [0.1, 0.15) is 32.8 Å². The minimum absolute atomic E-state index is 0.00540. The Morgan fingerprint density at radius 1 is 1.12 bits per heavy atom. The molecule has 1 atom stereocenters. The predicted octanol–water partition coefficient (Wildman–Crippen LogP) is 1.38. The largest absolute Gasteiger partial charge is 0.346 e. The van der Waals surface area contributed by atoms with Crippen LogP contribution in [0.5, 0.6) is 0 Å². The Labute approximate surface area is 142 Å². The molecule has 0 fully saturated rings. The molecular weight excluding hydrogens is 308 g/mol. The molecule has 0 bridgehead atoms. The molecule has 0 aliphatic heterocycles. The van der Waals surface area contributed by atoms with Gasteiger partial charge in [0.25, 0.3) is 0 Å². The highest BCUT2D eigenvalue weighted by atomic mass is 16.2. The summed E-state index contributed by atoms with van der Waals surface area (Å²) < 4.78 is 0. The molecule has 0 heterocycles. The molecule has 0 saturated heterocycles. The van der Waals surface area contributed by atoms with Gasteiger partial charge in [0.1, 0.15) is 0 Å². The summed E-state index contributed by atoms with van der Waals surface area (Å²) >= 11 is 0. The van der Waals surface area contributed by atoms with Gasteiger partial charge in [-0.25, -0.2) is 0 Å². The Bertz CT molecular complexity index is 614. The van der Waals surface area contributed by atoms with Crippen LogP contribution in [0.15, 0.2) is 18.2 Å². The summed E-state index contributed by atoms with van der Waals surface area (Å²) in [5, 5.41) is 7.97. The number of rotatable bonds is 7. The van der Waals surface area contributed by atoms with Gasteiger partial charge in [-0.15, -0.1) is 0 Å². The monoisotopic (exact) mass is 334 g/mol. The van der Waals surface area contributed by atoms with Crippen LogP contribution in [0.4, 0.5) is 11.4 Å². The number of benzene rings is 1. The van der Waals surface area contributed by atoms with Gasteiger partial charge in [-0.1, -0.05) is 26.8 Å². The minimum Gasteiger partial charge on any atom is -0.346 e. The van der Waals surface area contributed by atoms with E-state index in [4.69, 9.17) is 5.73 Å². The predicted molar refractivity (Wildman–Crippen MR) is 94.6 cm³/mol. The molecule has 0 spiro atoms. The molecule has 7 heteroatoms. The van der Waals surface area contributed by atoms with Crippen molar-refractivity contribution in [2.75, 3.05) is 17.2 Å². The molecule has 0 unspecified atom stereocenters. The van der Waals surface area contributed by atoms with E-state index in [1.165, 1.54) is 0 Å². The molecule has 0 aromatic heterocycles. The number of nitrogens with one attached hydrogen (secondary N) is 3. The number of carbonyl (C=O) groups excluding carboxylic acids is 3. The van der Waals surface area contributed by atoms with Gasteiger partial charge in [-0.3, -0.25) is 14.4 Å². The summed E-state index contributed by atoms with van der Waals surface area (Å²) in [6.45, 7) is 7.11. The third-order valence-electron chi connectivity index (χ3n) is 3.56. The summed E-state index contributed by atoms with van der Waals surface area (Å²) in [6.07, 6.45) is 0.373. The van der Waals surface area contributed by atoms with Crippen LogP contribution < -0.4 is 21.7 Å². The lowest BCUT2D eigenvalue weighted by molar-refractivity contribution is -0.125. The summed E-state index contributed by atoms with van der Waals surface area (Å²) in [5.41, 5.74) is 7.75. The van der Waals surface area contributed by atoms with E-state index in [1.54, 1.807) is 25.1 Å². The Hall–Kier alpha value is -2.41. The van der Waals surface area contributed by atoms with Crippen molar-refractivity contribution in [3.05, 3.63) is 23.8 Å². The number of amides is 3. The molecule has 1 rings (SSSR count). The van der Waals surface area contributed by atoms with Crippen molar-refractivity contribution in [2.24, 2.45) is 11.7 Å². The molecular formula is C17H26N4O3. The van der Waals surface area contributed by atoms with Gasteiger partial charge in [0.05, 0.1) is 12.6 Å². The van der Waals surface area contributed by atoms with Crippen LogP contribution >= 0.6 is 0 Å². The maximum Gasteiger partial charge on any atom is 0.243 e. The van der Waals surface area contributed by atoms with Crippen LogP contribution in [0.3, 0.4) is 0 Å². The van der Waals surface area contributed by atoms with Gasteiger partial charge in [0.2, 0.25) is 17.7 Å². The zero-order chi connectivity index (χ0) is 18.3. The van der Waals surface area contributed by atoms with Crippen molar-refractivity contribution in [1.82, 2.24) is 5.32 Å². The fourth-order valence-electron chi connectivity index (χ4n) is 1.87. The second kappa shape index (κ2) is 9.02. The Balaban J connectivity index is 2.65. The van der Waals surface area contributed by atoms with Gasteiger partial charge in [-0.2, -0.15) is 0 Å². The third kappa shape index (κ3) is 6.00. The van der Waals surface area contributed by atoms with E-state index in [0.717, 1.165) is 5.56 Å². The molecule has 24 heavy (non-hydrogen) atoms. The maximum atomic E-state index is 12.0. The molecule has 0 aliphatic rings. The average Bonchev–Trinajstić information content (AvgIpc) is 2.54. The quantitative estimate of drug-likeness (QED) is 0.603. The van der Waals surface area contributed by atoms with Crippen LogP contribution in [0.2, 0.25) is 0 Å². The maximum absolute atomic E-state index is 12.0. The van der Waals surface area contributed by atoms with E-state index in [-0.39, 0.29) is 30.2 Å². The summed E-state index contributed by atoms with van der Waals surface area (Å²) in [5.74, 6) is -0.831. The average molecular weight is 334 g/mol. The van der Waals surface area contributed by atoms with Crippen LogP contribution in [0.25, 0.3) is 0 Å². The third-order valence-corrected chi connectivity index (χ3v) is 3.56. The first-order valence-electron chi connectivity index (χ1n) is 7.98. The Morgan fingerprint density at radius 3 is 2.38 bits per heavy atom. The number of carbonyl (C=O) groups is 3. The summed E-state index contributed by atoms with van der Waals surface area (Å²) in [4.78, 5) is 35.2. The van der Waals surface area contributed by atoms with E-state index in [9.17, 15) is 14.4 Å². The van der Waals surface area contributed by atoms with Crippen molar-refractivity contribution < 1.29 is 14.4 Å². The smallest absolute Gasteiger partial charge is 0.243 e. The lowest BCUT2D eigenvalue weighted by Crippen LogP contribution is -2.46. The van der Waals surface area contributed by atoms with Crippen molar-refractivity contribution in [2.45, 2.75) is 40.2 Å². The van der Waals surface area contributed by atoms with Crippen LogP contribution in [-0.2, 0) is 14.4 Å². The van der Waals surface area contributed by atoms with E-state index in [1.807, 2.05) is 20.8 Å². The summed E-state index contributed by atoms with van der Waals surface area (Å²) in [6, 6.07) is 4.60. The van der Waals surface area contributed by atoms with Crippen molar-refractivity contribution in [3.8, 4) is 0 Å². The van der Waals surface area contributed by atoms with Crippen molar-refractivity contribution in [1.29, 1.82) is 0 Å². The molecule has 0 aliphatic carbocycles. The fourth-order valence-corrected chi connectivity index (χ4v) is 1.87. The van der Waals surface area contributed by atoms with Crippen LogP contribution in [0, 0.1) is 12.8 Å². The first kappa shape index (κ1) is 19.6. The molecule has 0 saturated carbocycles. The highest BCUT2D eigenvalue weighted by molar-refractivity contribution is 5.97.